The Morgan fingerprint density at radius 2 is 2.22 bits per heavy atom. The number of fused-ring (bicyclic) bond motifs is 1. The number of nitrogens with zero attached hydrogens (tertiary/aromatic N) is 3. The van der Waals surface area contributed by atoms with E-state index < -0.39 is 0 Å². The van der Waals surface area contributed by atoms with Crippen LogP contribution in [0.25, 0.3) is 0 Å². The van der Waals surface area contributed by atoms with Crippen LogP contribution < -0.4 is 5.32 Å². The number of aromatic nitrogens is 3. The molecule has 1 N–H and O–H groups in total. The molecule has 2 aromatic rings. The predicted octanol–water partition coefficient (Wildman–Crippen LogP) is 3.81. The summed E-state index contributed by atoms with van der Waals surface area (Å²) < 4.78 is 3.06. The van der Waals surface area contributed by atoms with Gasteiger partial charge < -0.3 is 9.88 Å². The van der Waals surface area contributed by atoms with Crippen molar-refractivity contribution >= 4 is 39.3 Å². The lowest BCUT2D eigenvalue weighted by Gasteiger charge is -2.09. The number of halogens is 1. The quantitative estimate of drug-likeness (QED) is 0.800. The Labute approximate surface area is 148 Å². The molecule has 0 fully saturated rings. The van der Waals surface area contributed by atoms with E-state index >= 15 is 0 Å². The van der Waals surface area contributed by atoms with Gasteiger partial charge in [0.25, 0.3) is 0 Å². The molecular weight excluding hydrogens is 376 g/mol. The van der Waals surface area contributed by atoms with E-state index in [4.69, 9.17) is 0 Å². The fourth-order valence-electron chi connectivity index (χ4n) is 2.60. The molecule has 5 nitrogen and oxygen atoms in total. The summed E-state index contributed by atoms with van der Waals surface area (Å²) in [6.45, 7) is 2.97. The highest BCUT2D eigenvalue weighted by atomic mass is 79.9. The van der Waals surface area contributed by atoms with Gasteiger partial charge in [-0.05, 0) is 53.4 Å². The lowest BCUT2D eigenvalue weighted by Crippen LogP contribution is -2.15. The van der Waals surface area contributed by atoms with Crippen LogP contribution in [0.5, 0.6) is 0 Å². The van der Waals surface area contributed by atoms with Crippen LogP contribution in [0.3, 0.4) is 0 Å². The first-order valence-corrected chi connectivity index (χ1v) is 9.52. The average Bonchev–Trinajstić information content (AvgIpc) is 2.75. The van der Waals surface area contributed by atoms with E-state index in [2.05, 4.69) is 36.0 Å². The third-order valence-electron chi connectivity index (χ3n) is 3.81. The summed E-state index contributed by atoms with van der Waals surface area (Å²) in [5.74, 6) is 1.34. The summed E-state index contributed by atoms with van der Waals surface area (Å²) in [7, 11) is 0. The number of aryl methyl sites for hydroxylation is 2. The number of hydrogen-bond acceptors (Lipinski definition) is 4. The standard InChI is InChI=1S/C16H19BrN4OS/c1-11-6-7-13(12(17)9-11)18-15(22)10-23-16-20-19-14-5-3-2-4-8-21(14)16/h6-7,9H,2-5,8,10H2,1H3,(H,18,22). The van der Waals surface area contributed by atoms with Crippen LogP contribution >= 0.6 is 27.7 Å². The minimum absolute atomic E-state index is 0.0366. The molecule has 23 heavy (non-hydrogen) atoms. The fourth-order valence-corrected chi connectivity index (χ4v) is 3.98. The van der Waals surface area contributed by atoms with Gasteiger partial charge in [-0.1, -0.05) is 24.2 Å². The highest BCUT2D eigenvalue weighted by Gasteiger charge is 2.16. The Morgan fingerprint density at radius 3 is 3.04 bits per heavy atom. The molecule has 0 unspecified atom stereocenters. The van der Waals surface area contributed by atoms with E-state index in [0.29, 0.717) is 5.75 Å². The number of carbonyl (C=O) groups excluding carboxylic acids is 1. The van der Waals surface area contributed by atoms with Crippen molar-refractivity contribution < 1.29 is 4.79 Å². The summed E-state index contributed by atoms with van der Waals surface area (Å²) in [6, 6.07) is 5.87. The Morgan fingerprint density at radius 1 is 1.35 bits per heavy atom. The van der Waals surface area contributed by atoms with Crippen molar-refractivity contribution in [2.45, 2.75) is 44.3 Å². The van der Waals surface area contributed by atoms with E-state index in [1.54, 1.807) is 0 Å². The summed E-state index contributed by atoms with van der Waals surface area (Å²) in [5.41, 5.74) is 1.94. The molecule has 0 saturated carbocycles. The van der Waals surface area contributed by atoms with Gasteiger partial charge in [0.15, 0.2) is 5.16 Å². The molecule has 1 aliphatic rings. The van der Waals surface area contributed by atoms with E-state index in [-0.39, 0.29) is 5.91 Å². The number of rotatable bonds is 4. The third kappa shape index (κ3) is 4.14. The van der Waals surface area contributed by atoms with Crippen molar-refractivity contribution in [1.29, 1.82) is 0 Å². The van der Waals surface area contributed by atoms with Crippen molar-refractivity contribution in [3.8, 4) is 0 Å². The Bertz CT molecular complexity index is 716. The van der Waals surface area contributed by atoms with Gasteiger partial charge in [-0.2, -0.15) is 0 Å². The SMILES string of the molecule is Cc1ccc(NC(=O)CSc2nnc3n2CCCCC3)c(Br)c1. The van der Waals surface area contributed by atoms with Crippen molar-refractivity contribution in [2.24, 2.45) is 0 Å². The maximum absolute atomic E-state index is 12.2. The molecule has 3 rings (SSSR count). The van der Waals surface area contributed by atoms with Crippen LogP contribution in [-0.2, 0) is 17.8 Å². The predicted molar refractivity (Wildman–Crippen MR) is 95.8 cm³/mol. The molecule has 1 amide bonds. The lowest BCUT2D eigenvalue weighted by molar-refractivity contribution is -0.113. The van der Waals surface area contributed by atoms with Crippen LogP contribution in [0.2, 0.25) is 0 Å². The van der Waals surface area contributed by atoms with Crippen LogP contribution in [0.1, 0.15) is 30.7 Å². The molecule has 0 bridgehead atoms. The molecule has 1 aromatic heterocycles. The number of nitrogens with one attached hydrogen (secondary N) is 1. The largest absolute Gasteiger partial charge is 0.324 e. The molecule has 2 heterocycles. The first kappa shape index (κ1) is 16.5. The van der Waals surface area contributed by atoms with Gasteiger partial charge in [0.05, 0.1) is 11.4 Å². The van der Waals surface area contributed by atoms with Crippen molar-refractivity contribution in [1.82, 2.24) is 14.8 Å². The maximum atomic E-state index is 12.2. The molecule has 0 saturated heterocycles. The monoisotopic (exact) mass is 394 g/mol. The van der Waals surface area contributed by atoms with Gasteiger partial charge in [0.1, 0.15) is 5.82 Å². The van der Waals surface area contributed by atoms with Crippen LogP contribution in [0.4, 0.5) is 5.69 Å². The second kappa shape index (κ2) is 7.49. The molecule has 0 atom stereocenters. The Balaban J connectivity index is 1.60. The normalized spacial score (nSPS) is 14.2. The van der Waals surface area contributed by atoms with E-state index in [1.807, 2.05) is 25.1 Å². The number of carbonyl (C=O) groups is 1. The van der Waals surface area contributed by atoms with Crippen LogP contribution in [-0.4, -0.2) is 26.4 Å². The molecular formula is C16H19BrN4OS. The molecule has 0 spiro atoms. The zero-order chi connectivity index (χ0) is 16.2. The van der Waals surface area contributed by atoms with Gasteiger partial charge in [-0.25, -0.2) is 0 Å². The fraction of sp³-hybridized carbons (Fsp3) is 0.438. The van der Waals surface area contributed by atoms with Crippen LogP contribution in [0.15, 0.2) is 27.8 Å². The average molecular weight is 395 g/mol. The van der Waals surface area contributed by atoms with E-state index in [1.165, 1.54) is 24.6 Å². The molecule has 1 aromatic carbocycles. The first-order valence-electron chi connectivity index (χ1n) is 7.74. The lowest BCUT2D eigenvalue weighted by atomic mass is 10.2. The minimum Gasteiger partial charge on any atom is -0.324 e. The number of thioether (sulfide) groups is 1. The molecule has 0 aliphatic carbocycles. The highest BCUT2D eigenvalue weighted by Crippen LogP contribution is 2.25. The second-order valence-corrected chi connectivity index (χ2v) is 7.48. The summed E-state index contributed by atoms with van der Waals surface area (Å²) in [6.07, 6.45) is 4.54. The molecule has 1 aliphatic heterocycles. The zero-order valence-corrected chi connectivity index (χ0v) is 15.4. The van der Waals surface area contributed by atoms with E-state index in [0.717, 1.165) is 46.1 Å². The smallest absolute Gasteiger partial charge is 0.234 e. The Hall–Kier alpha value is -1.34. The van der Waals surface area contributed by atoms with Crippen molar-refractivity contribution in [3.05, 3.63) is 34.1 Å². The Kier molecular flexibility index (Phi) is 5.38. The number of amides is 1. The number of hydrogen-bond donors (Lipinski definition) is 1. The van der Waals surface area contributed by atoms with Gasteiger partial charge in [-0.15, -0.1) is 10.2 Å². The minimum atomic E-state index is -0.0366. The number of benzene rings is 1. The second-order valence-electron chi connectivity index (χ2n) is 5.68. The first-order chi connectivity index (χ1) is 11.1. The third-order valence-corrected chi connectivity index (χ3v) is 5.43. The van der Waals surface area contributed by atoms with Gasteiger partial charge in [0, 0.05) is 17.4 Å². The van der Waals surface area contributed by atoms with Crippen molar-refractivity contribution in [2.75, 3.05) is 11.1 Å². The van der Waals surface area contributed by atoms with Gasteiger partial charge in [0.2, 0.25) is 5.91 Å². The highest BCUT2D eigenvalue weighted by molar-refractivity contribution is 9.10. The summed E-state index contributed by atoms with van der Waals surface area (Å²) >= 11 is 4.92. The molecule has 0 radical (unpaired) electrons. The summed E-state index contributed by atoms with van der Waals surface area (Å²) in [5, 5.41) is 12.3. The maximum Gasteiger partial charge on any atom is 0.234 e. The van der Waals surface area contributed by atoms with Crippen molar-refractivity contribution in [3.63, 3.8) is 0 Å². The summed E-state index contributed by atoms with van der Waals surface area (Å²) in [4.78, 5) is 12.2. The van der Waals surface area contributed by atoms with Gasteiger partial charge >= 0.3 is 0 Å². The molecule has 7 heteroatoms. The number of anilines is 1. The van der Waals surface area contributed by atoms with Gasteiger partial charge in [-0.3, -0.25) is 4.79 Å². The van der Waals surface area contributed by atoms with Crippen LogP contribution in [0, 0.1) is 6.92 Å². The van der Waals surface area contributed by atoms with E-state index in [9.17, 15) is 4.79 Å². The topological polar surface area (TPSA) is 59.8 Å². The molecule has 122 valence electrons. The zero-order valence-electron chi connectivity index (χ0n) is 13.0.